The van der Waals surface area contributed by atoms with Gasteiger partial charge in [-0.25, -0.2) is 17.6 Å². The Kier molecular flexibility index (Phi) is 8.98. The summed E-state index contributed by atoms with van der Waals surface area (Å²) in [6, 6.07) is 9.22. The first-order valence-corrected chi connectivity index (χ1v) is 13.7. The summed E-state index contributed by atoms with van der Waals surface area (Å²) < 4.78 is 45.3. The molecule has 1 heterocycles. The molecular formula is C25H33FN4O6S. The molecule has 0 aromatic heterocycles. The highest BCUT2D eigenvalue weighted by atomic mass is 32.2. The summed E-state index contributed by atoms with van der Waals surface area (Å²) in [5.41, 5.74) is 1.21. The van der Waals surface area contributed by atoms with Crippen LogP contribution in [0, 0.1) is 11.7 Å². The molecule has 3 atom stereocenters. The minimum atomic E-state index is -3.53. The van der Waals surface area contributed by atoms with Gasteiger partial charge in [0, 0.05) is 36.4 Å². The van der Waals surface area contributed by atoms with Gasteiger partial charge in [-0.05, 0) is 49.4 Å². The number of nitrogens with zero attached hydrogens (tertiary/aromatic N) is 2. The largest absolute Gasteiger partial charge is 0.488 e. The van der Waals surface area contributed by atoms with Crippen molar-refractivity contribution in [1.82, 2.24) is 9.80 Å². The van der Waals surface area contributed by atoms with Crippen LogP contribution in [0.15, 0.2) is 42.5 Å². The van der Waals surface area contributed by atoms with Crippen LogP contribution in [0.5, 0.6) is 5.75 Å². The molecule has 0 saturated carbocycles. The number of hydrogen-bond acceptors (Lipinski definition) is 6. The highest BCUT2D eigenvalue weighted by molar-refractivity contribution is 7.92. The predicted molar refractivity (Wildman–Crippen MR) is 139 cm³/mol. The molecule has 1 aliphatic rings. The molecule has 3 rings (SSSR count). The van der Waals surface area contributed by atoms with E-state index in [1.165, 1.54) is 29.2 Å². The number of amides is 3. The zero-order valence-corrected chi connectivity index (χ0v) is 22.1. The van der Waals surface area contributed by atoms with E-state index in [1.807, 2.05) is 6.92 Å². The molecule has 0 fully saturated rings. The van der Waals surface area contributed by atoms with Gasteiger partial charge in [-0.2, -0.15) is 0 Å². The number of anilines is 2. The van der Waals surface area contributed by atoms with Gasteiger partial charge in [0.2, 0.25) is 15.9 Å². The van der Waals surface area contributed by atoms with Crippen molar-refractivity contribution < 1.29 is 32.2 Å². The highest BCUT2D eigenvalue weighted by Crippen LogP contribution is 2.29. The molecule has 1 aliphatic heterocycles. The Hall–Kier alpha value is -3.38. The van der Waals surface area contributed by atoms with Gasteiger partial charge in [-0.15, -0.1) is 0 Å². The van der Waals surface area contributed by atoms with Gasteiger partial charge in [0.25, 0.3) is 0 Å². The maximum absolute atomic E-state index is 13.2. The van der Waals surface area contributed by atoms with Crippen LogP contribution in [-0.4, -0.2) is 80.4 Å². The Morgan fingerprint density at radius 1 is 1.24 bits per heavy atom. The lowest BCUT2D eigenvalue weighted by Gasteiger charge is -2.34. The molecule has 3 amide bonds. The summed E-state index contributed by atoms with van der Waals surface area (Å²) in [5, 5.41) is 12.5. The number of carbonyl (C=O) groups excluding carboxylic acids is 2. The van der Waals surface area contributed by atoms with E-state index in [0.717, 1.165) is 6.26 Å². The molecule has 0 radical (unpaired) electrons. The van der Waals surface area contributed by atoms with Crippen LogP contribution >= 0.6 is 0 Å². The highest BCUT2D eigenvalue weighted by Gasteiger charge is 2.32. The fraction of sp³-hybridized carbons (Fsp3) is 0.440. The number of halogens is 1. The van der Waals surface area contributed by atoms with Crippen LogP contribution in [0.4, 0.5) is 20.6 Å². The number of hydrogen-bond donors (Lipinski definition) is 3. The van der Waals surface area contributed by atoms with Gasteiger partial charge in [0.15, 0.2) is 0 Å². The third kappa shape index (κ3) is 7.80. The third-order valence-corrected chi connectivity index (χ3v) is 6.72. The maximum atomic E-state index is 13.2. The van der Waals surface area contributed by atoms with Gasteiger partial charge in [0.05, 0.1) is 31.9 Å². The molecule has 0 spiro atoms. The number of ether oxygens (including phenoxy) is 1. The number of aliphatic hydroxyl groups is 1. The number of urea groups is 1. The van der Waals surface area contributed by atoms with Gasteiger partial charge >= 0.3 is 6.03 Å². The van der Waals surface area contributed by atoms with Gasteiger partial charge in [-0.1, -0.05) is 6.92 Å². The topological polar surface area (TPSA) is 128 Å². The van der Waals surface area contributed by atoms with Crippen molar-refractivity contribution in [3.05, 3.63) is 53.8 Å². The second-order valence-electron chi connectivity index (χ2n) is 9.40. The number of nitrogens with one attached hydrogen (secondary N) is 2. The van der Waals surface area contributed by atoms with E-state index in [-0.39, 0.29) is 37.9 Å². The molecule has 3 N–H and O–H groups in total. The van der Waals surface area contributed by atoms with Crippen molar-refractivity contribution in [3.8, 4) is 5.75 Å². The second kappa shape index (κ2) is 11.8. The third-order valence-electron chi connectivity index (χ3n) is 6.12. The lowest BCUT2D eigenvalue weighted by atomic mass is 10.0. The normalized spacial score (nSPS) is 19.0. The Balaban J connectivity index is 1.89. The molecule has 0 saturated heterocycles. The number of carbonyl (C=O) groups is 2. The first-order valence-electron chi connectivity index (χ1n) is 11.8. The average molecular weight is 537 g/mol. The number of sulfonamides is 1. The Bertz CT molecular complexity index is 1220. The van der Waals surface area contributed by atoms with Crippen molar-refractivity contribution in [2.75, 3.05) is 43.0 Å². The number of rotatable bonds is 7. The summed E-state index contributed by atoms with van der Waals surface area (Å²) in [5.74, 6) is -0.490. The zero-order chi connectivity index (χ0) is 27.3. The molecule has 0 aliphatic carbocycles. The lowest BCUT2D eigenvalue weighted by Crippen LogP contribution is -2.48. The maximum Gasteiger partial charge on any atom is 0.321 e. The molecule has 12 heteroatoms. The Morgan fingerprint density at radius 2 is 1.89 bits per heavy atom. The fourth-order valence-corrected chi connectivity index (χ4v) is 4.59. The number of benzene rings is 2. The summed E-state index contributed by atoms with van der Waals surface area (Å²) >= 11 is 0. The van der Waals surface area contributed by atoms with E-state index in [1.54, 1.807) is 37.1 Å². The first kappa shape index (κ1) is 28.2. The molecule has 10 nitrogen and oxygen atoms in total. The SMILES string of the molecule is C[C@@H]1CN([C@H](C)CO)C(=O)Cc2cc(NS(C)(=O)=O)ccc2O[C@@H]1CN(C)C(=O)Nc1ccc(F)cc1. The van der Waals surface area contributed by atoms with Crippen molar-refractivity contribution in [1.29, 1.82) is 0 Å². The van der Waals surface area contributed by atoms with Crippen molar-refractivity contribution in [3.63, 3.8) is 0 Å². The van der Waals surface area contributed by atoms with Crippen molar-refractivity contribution >= 4 is 33.3 Å². The van der Waals surface area contributed by atoms with Crippen molar-refractivity contribution in [2.24, 2.45) is 5.92 Å². The quantitative estimate of drug-likeness (QED) is 0.499. The van der Waals surface area contributed by atoms with Crippen LogP contribution < -0.4 is 14.8 Å². The summed E-state index contributed by atoms with van der Waals surface area (Å²) in [6.07, 6.45) is 0.431. The Morgan fingerprint density at radius 3 is 2.51 bits per heavy atom. The van der Waals surface area contributed by atoms with E-state index in [2.05, 4.69) is 10.0 Å². The molecule has 202 valence electrons. The number of aliphatic hydroxyl groups excluding tert-OH is 1. The summed E-state index contributed by atoms with van der Waals surface area (Å²) in [4.78, 5) is 29.0. The van der Waals surface area contributed by atoms with Crippen molar-refractivity contribution in [2.45, 2.75) is 32.4 Å². The lowest BCUT2D eigenvalue weighted by molar-refractivity contribution is -0.134. The van der Waals surface area contributed by atoms with E-state index in [9.17, 15) is 27.5 Å². The molecule has 37 heavy (non-hydrogen) atoms. The van der Waals surface area contributed by atoms with E-state index in [4.69, 9.17) is 4.74 Å². The van der Waals surface area contributed by atoms with Crippen LogP contribution in [0.1, 0.15) is 19.4 Å². The smallest absolute Gasteiger partial charge is 0.321 e. The van der Waals surface area contributed by atoms with Gasteiger partial charge in [-0.3, -0.25) is 9.52 Å². The van der Waals surface area contributed by atoms with E-state index >= 15 is 0 Å². The van der Waals surface area contributed by atoms with Crippen LogP contribution in [0.3, 0.4) is 0 Å². The second-order valence-corrected chi connectivity index (χ2v) is 11.2. The minimum Gasteiger partial charge on any atom is -0.488 e. The minimum absolute atomic E-state index is 0.0563. The van der Waals surface area contributed by atoms with Crippen LogP contribution in [-0.2, 0) is 21.2 Å². The van der Waals surface area contributed by atoms with Crippen LogP contribution in [0.2, 0.25) is 0 Å². The van der Waals surface area contributed by atoms with E-state index in [0.29, 0.717) is 22.7 Å². The molecule has 2 aromatic rings. The monoisotopic (exact) mass is 536 g/mol. The molecule has 2 aromatic carbocycles. The number of fused-ring (bicyclic) bond motifs is 1. The summed E-state index contributed by atoms with van der Waals surface area (Å²) in [6.45, 7) is 3.84. The molecule has 0 unspecified atom stereocenters. The van der Waals surface area contributed by atoms with Gasteiger partial charge in [0.1, 0.15) is 17.7 Å². The Labute approximate surface area is 216 Å². The molecular weight excluding hydrogens is 503 g/mol. The first-order chi connectivity index (χ1) is 17.4. The average Bonchev–Trinajstić information content (AvgIpc) is 2.87. The fourth-order valence-electron chi connectivity index (χ4n) is 4.03. The number of likely N-dealkylation sites (N-methyl/N-ethyl adjacent to an activating group) is 1. The summed E-state index contributed by atoms with van der Waals surface area (Å²) in [7, 11) is -1.94. The molecule has 0 bridgehead atoms. The predicted octanol–water partition coefficient (Wildman–Crippen LogP) is 2.51. The standard InChI is InChI=1S/C25H33FN4O6S/c1-16-13-30(17(2)15-31)24(32)12-18-11-21(28-37(4,34)35)9-10-22(18)36-23(16)14-29(3)25(33)27-20-7-5-19(26)6-8-20/h5-11,16-17,23,28,31H,12-15H2,1-4H3,(H,27,33)/t16-,17-,23-/m1/s1. The van der Waals surface area contributed by atoms with Crippen LogP contribution in [0.25, 0.3) is 0 Å². The van der Waals surface area contributed by atoms with Gasteiger partial charge < -0.3 is 25.0 Å². The zero-order valence-electron chi connectivity index (χ0n) is 21.3. The van der Waals surface area contributed by atoms with E-state index < -0.39 is 34.0 Å².